The lowest BCUT2D eigenvalue weighted by molar-refractivity contribution is 1.05. The normalized spacial score (nSPS) is 6.62. The zero-order valence-electron chi connectivity index (χ0n) is 70.7. The van der Waals surface area contributed by atoms with Crippen LogP contribution in [0.4, 0.5) is 0 Å². The van der Waals surface area contributed by atoms with Crippen molar-refractivity contribution in [3.8, 4) is 0 Å². The molecule has 584 valence electrons. The molecule has 0 N–H and O–H groups in total. The molecule has 0 saturated carbocycles. The minimum Gasteiger partial charge on any atom is -0.265 e. The molecule has 99 heavy (non-hydrogen) atoms. The number of aromatic nitrogens is 9. The summed E-state index contributed by atoms with van der Waals surface area (Å²) in [6.07, 6.45) is 20.7. The molecular formula is C88H175N9S2. The summed E-state index contributed by atoms with van der Waals surface area (Å²) in [5, 5.41) is 4.23. The molecule has 9 nitrogen and oxygen atoms in total. The Bertz CT molecular complexity index is 1900. The van der Waals surface area contributed by atoms with Crippen molar-refractivity contribution in [1.82, 2.24) is 44.9 Å². The molecule has 0 amide bonds. The van der Waals surface area contributed by atoms with E-state index in [0.717, 1.165) is 22.8 Å². The van der Waals surface area contributed by atoms with E-state index in [2.05, 4.69) is 115 Å². The first kappa shape index (κ1) is 147. The number of thiophene rings is 2. The van der Waals surface area contributed by atoms with Crippen molar-refractivity contribution in [2.75, 3.05) is 0 Å². The van der Waals surface area contributed by atoms with E-state index in [1.807, 2.05) is 336 Å². The molecule has 0 aliphatic heterocycles. The second-order valence-corrected chi connectivity index (χ2v) is 15.8. The van der Waals surface area contributed by atoms with Gasteiger partial charge in [0.25, 0.3) is 0 Å². The average molecular weight is 1420 g/mol. The lowest BCUT2D eigenvalue weighted by atomic mass is 10.2. The van der Waals surface area contributed by atoms with Gasteiger partial charge < -0.3 is 0 Å². The third-order valence-corrected chi connectivity index (χ3v) is 9.66. The van der Waals surface area contributed by atoms with Crippen LogP contribution in [-0.2, 0) is 0 Å². The van der Waals surface area contributed by atoms with Crippen LogP contribution in [-0.4, -0.2) is 44.9 Å². The number of hydrogen-bond donors (Lipinski definition) is 0. The summed E-state index contributed by atoms with van der Waals surface area (Å²) in [5.41, 5.74) is 9.79. The number of pyridine rings is 3. The van der Waals surface area contributed by atoms with Gasteiger partial charge >= 0.3 is 0 Å². The zero-order valence-corrected chi connectivity index (χ0v) is 72.3. The molecule has 0 bridgehead atoms. The van der Waals surface area contributed by atoms with Crippen LogP contribution in [0, 0.1) is 76.2 Å². The van der Waals surface area contributed by atoms with Gasteiger partial charge in [-0.25, -0.2) is 29.9 Å². The van der Waals surface area contributed by atoms with Crippen LogP contribution < -0.4 is 0 Å². The van der Waals surface area contributed by atoms with Crippen molar-refractivity contribution in [3.05, 3.63) is 243 Å². The van der Waals surface area contributed by atoms with Gasteiger partial charge in [0.15, 0.2) is 0 Å². The van der Waals surface area contributed by atoms with Gasteiger partial charge in [-0.3, -0.25) is 15.0 Å². The largest absolute Gasteiger partial charge is 0.265 e. The van der Waals surface area contributed by atoms with Gasteiger partial charge in [-0.1, -0.05) is 299 Å². The summed E-state index contributed by atoms with van der Waals surface area (Å²) >= 11 is 3.61. The average Bonchev–Trinajstić information content (AvgIpc) is 2.23. The Morgan fingerprint density at radius 1 is 0.222 bits per heavy atom. The molecule has 0 saturated heterocycles. The zero-order chi connectivity index (χ0) is 78.3. The van der Waals surface area contributed by atoms with Crippen molar-refractivity contribution in [2.45, 2.75) is 327 Å². The minimum atomic E-state index is 0. The Balaban J connectivity index is -0.0000000373. The van der Waals surface area contributed by atoms with Gasteiger partial charge in [0.1, 0.15) is 18.5 Å². The van der Waals surface area contributed by atoms with E-state index in [1.54, 1.807) is 84.5 Å². The lowest BCUT2D eigenvalue weighted by Crippen LogP contribution is -1.80. The summed E-state index contributed by atoms with van der Waals surface area (Å²) in [4.78, 5) is 37.5. The van der Waals surface area contributed by atoms with Crippen LogP contribution in [0.3, 0.4) is 0 Å². The third kappa shape index (κ3) is 152. The van der Waals surface area contributed by atoms with Crippen molar-refractivity contribution in [1.29, 1.82) is 0 Å². The Hall–Kier alpha value is -6.69. The molecule has 0 aliphatic rings. The van der Waals surface area contributed by atoms with E-state index in [0.29, 0.717) is 0 Å². The maximum absolute atomic E-state index is 3.98. The first-order valence-corrected chi connectivity index (χ1v) is 37.9. The van der Waals surface area contributed by atoms with Gasteiger partial charge in [0.05, 0.1) is 0 Å². The summed E-state index contributed by atoms with van der Waals surface area (Å²) < 4.78 is 0. The Kier molecular flexibility index (Phi) is 244. The molecule has 8 aromatic heterocycles. The highest BCUT2D eigenvalue weighted by Crippen LogP contribution is 2.13. The Morgan fingerprint density at radius 3 is 0.697 bits per heavy atom. The number of hydrogen-bond acceptors (Lipinski definition) is 11. The van der Waals surface area contributed by atoms with Crippen LogP contribution in [0.2, 0.25) is 0 Å². The van der Waals surface area contributed by atoms with Gasteiger partial charge in [-0.05, 0) is 169 Å². The summed E-state index contributed by atoms with van der Waals surface area (Å²) in [6, 6.07) is 31.9. The van der Waals surface area contributed by atoms with Gasteiger partial charge in [0.2, 0.25) is 0 Å². The number of benzene rings is 1. The Labute approximate surface area is 633 Å². The molecule has 0 aliphatic carbocycles. The fraction of sp³-hybridized carbons (Fsp3) is 0.534. The second-order valence-electron chi connectivity index (χ2n) is 13.6. The SMILES string of the molecule is C.C.C.C.CC.CC.CC.CC.CC.CC.CC.CC.CC.CC.CC.CC.CC.CC.CC.CC.Cc1ccccc1.Cc1ccccn1.Cc1cccnc1.Cc1ccncc1.Cc1ccncn1.Cc1ccsc1C.Cc1ccsc1C.Cc1cncnc1.Cc1ncccn1. The van der Waals surface area contributed by atoms with Crippen molar-refractivity contribution < 1.29 is 0 Å². The molecule has 0 unspecified atom stereocenters. The summed E-state index contributed by atoms with van der Waals surface area (Å²) in [5.74, 6) is 0.822. The van der Waals surface area contributed by atoms with E-state index in [1.165, 1.54) is 50.2 Å². The number of nitrogens with zero attached hydrogens (tertiary/aromatic N) is 9. The minimum absolute atomic E-state index is 0. The van der Waals surface area contributed by atoms with Crippen molar-refractivity contribution >= 4 is 22.7 Å². The van der Waals surface area contributed by atoms with E-state index in [-0.39, 0.29) is 29.7 Å². The highest BCUT2D eigenvalue weighted by Gasteiger charge is 1.88. The van der Waals surface area contributed by atoms with Crippen molar-refractivity contribution in [3.63, 3.8) is 0 Å². The second kappa shape index (κ2) is 164. The van der Waals surface area contributed by atoms with E-state index in [9.17, 15) is 0 Å². The van der Waals surface area contributed by atoms with Gasteiger partial charge in [-0.2, -0.15) is 0 Å². The maximum Gasteiger partial charge on any atom is 0.125 e. The van der Waals surface area contributed by atoms with Crippen LogP contribution >= 0.6 is 22.7 Å². The smallest absolute Gasteiger partial charge is 0.125 e. The number of aryl methyl sites for hydroxylation is 11. The van der Waals surface area contributed by atoms with Gasteiger partial charge in [0, 0.05) is 83.1 Å². The molecular weight excluding hydrogens is 1250 g/mol. The Morgan fingerprint density at radius 2 is 0.545 bits per heavy atom. The predicted molar refractivity (Wildman–Crippen MR) is 474 cm³/mol. The molecule has 11 heteroatoms. The first-order chi connectivity index (χ1) is 46.4. The van der Waals surface area contributed by atoms with E-state index < -0.39 is 0 Å². The van der Waals surface area contributed by atoms with Crippen molar-refractivity contribution in [2.24, 2.45) is 0 Å². The first-order valence-electron chi connectivity index (χ1n) is 36.2. The topological polar surface area (TPSA) is 116 Å². The van der Waals surface area contributed by atoms with Crippen LogP contribution in [0.1, 0.15) is 312 Å². The summed E-state index contributed by atoms with van der Waals surface area (Å²) in [6.45, 7) is 86.4. The predicted octanol–water partition coefficient (Wildman–Crippen LogP) is 32.2. The standard InChI is InChI=1S/C7H8.3C6H7N.2C6H8S.3C5H6N2.16C2H6.4CH4/c1-7-5-3-2-4-6-7;1-6-2-4-7-5-3-6;1-6-3-2-4-7-5-6;1-6-4-2-3-5-7-6;2*1-5-3-4-7-6(5)2;1-5-2-6-4-7-3-5;1-5-2-3-6-4-7-5;1-5-6-3-2-4-7-5;16*1-2;;;;/h2-6H,1H3;3*2-5H,1H3;2*3-4H,1-2H3;3*2-4H,1H3;16*1-2H3;4*1H4. The molecule has 8 heterocycles. The van der Waals surface area contributed by atoms with Crippen LogP contribution in [0.25, 0.3) is 0 Å². The molecule has 9 rings (SSSR count). The highest BCUT2D eigenvalue weighted by molar-refractivity contribution is 7.10. The van der Waals surface area contributed by atoms with Gasteiger partial charge in [-0.15, -0.1) is 22.7 Å². The van der Waals surface area contributed by atoms with Crippen LogP contribution in [0.15, 0.2) is 182 Å². The summed E-state index contributed by atoms with van der Waals surface area (Å²) in [7, 11) is 0. The monoisotopic (exact) mass is 1420 g/mol. The molecule has 9 aromatic rings. The molecule has 1 aromatic carbocycles. The highest BCUT2D eigenvalue weighted by atomic mass is 32.1. The molecule has 0 fully saturated rings. The van der Waals surface area contributed by atoms with E-state index >= 15 is 0 Å². The fourth-order valence-electron chi connectivity index (χ4n) is 3.86. The maximum atomic E-state index is 3.98. The van der Waals surface area contributed by atoms with Crippen LogP contribution in [0.5, 0.6) is 0 Å². The third-order valence-electron chi connectivity index (χ3n) is 7.76. The molecule has 0 atom stereocenters. The lowest BCUT2D eigenvalue weighted by Gasteiger charge is -1.82. The fourth-order valence-corrected chi connectivity index (χ4v) is 5.32. The number of rotatable bonds is 0. The van der Waals surface area contributed by atoms with E-state index in [4.69, 9.17) is 0 Å². The quantitative estimate of drug-likeness (QED) is 0.146. The molecule has 0 radical (unpaired) electrons. The molecule has 0 spiro atoms.